The smallest absolute Gasteiger partial charge is 0.150 e. The molecule has 1 aliphatic rings. The molecule has 0 spiro atoms. The maximum Gasteiger partial charge on any atom is 0.150 e. The Labute approximate surface area is 110 Å². The normalized spacial score (nSPS) is 14.9. The molecule has 0 unspecified atom stereocenters. The maximum atomic E-state index is 11.5. The molecule has 18 heavy (non-hydrogen) atoms. The van der Waals surface area contributed by atoms with Crippen molar-refractivity contribution in [3.8, 4) is 0 Å². The fourth-order valence-corrected chi connectivity index (χ4v) is 3.29. The predicted molar refractivity (Wildman–Crippen MR) is 75.9 cm³/mol. The second-order valence-corrected chi connectivity index (χ2v) is 7.29. The van der Waals surface area contributed by atoms with E-state index in [9.17, 15) is 8.42 Å². The van der Waals surface area contributed by atoms with Gasteiger partial charge in [0.15, 0.2) is 0 Å². The second kappa shape index (κ2) is 5.74. The molecule has 4 heteroatoms. The van der Waals surface area contributed by atoms with Gasteiger partial charge in [-0.05, 0) is 36.8 Å². The highest BCUT2D eigenvalue weighted by atomic mass is 32.2. The highest BCUT2D eigenvalue weighted by Crippen LogP contribution is 2.26. The van der Waals surface area contributed by atoms with E-state index in [1.165, 1.54) is 23.2 Å². The Hall–Kier alpha value is -1.03. The summed E-state index contributed by atoms with van der Waals surface area (Å²) in [7, 11) is -2.83. The molecule has 0 saturated heterocycles. The monoisotopic (exact) mass is 267 g/mol. The first-order chi connectivity index (χ1) is 8.62. The molecule has 0 aromatic heterocycles. The number of aryl methyl sites for hydroxylation is 2. The number of nitrogens with one attached hydrogen (secondary N) is 1. The molecule has 2 rings (SSSR count). The van der Waals surface area contributed by atoms with Crippen molar-refractivity contribution in [2.75, 3.05) is 23.4 Å². The summed E-state index contributed by atoms with van der Waals surface area (Å²) in [6.45, 7) is 2.73. The lowest BCUT2D eigenvalue weighted by Gasteiger charge is -2.21. The number of rotatable bonds is 5. The van der Waals surface area contributed by atoms with Crippen LogP contribution < -0.4 is 5.32 Å². The van der Waals surface area contributed by atoms with Crippen molar-refractivity contribution in [1.29, 1.82) is 0 Å². The Balaban J connectivity index is 2.02. The van der Waals surface area contributed by atoms with Gasteiger partial charge in [0.05, 0.1) is 5.75 Å². The van der Waals surface area contributed by atoms with Crippen LogP contribution in [0.5, 0.6) is 0 Å². The van der Waals surface area contributed by atoms with Gasteiger partial charge in [0, 0.05) is 18.0 Å². The Morgan fingerprint density at radius 1 is 1.33 bits per heavy atom. The minimum Gasteiger partial charge on any atom is -0.385 e. The van der Waals surface area contributed by atoms with Crippen LogP contribution in [0, 0.1) is 0 Å². The third-order valence-corrected chi connectivity index (χ3v) is 5.29. The van der Waals surface area contributed by atoms with Gasteiger partial charge >= 0.3 is 0 Å². The largest absolute Gasteiger partial charge is 0.385 e. The summed E-state index contributed by atoms with van der Waals surface area (Å²) in [5.41, 5.74) is 3.88. The highest BCUT2D eigenvalue weighted by Gasteiger charge is 2.13. The first-order valence-electron chi connectivity index (χ1n) is 6.67. The minimum atomic E-state index is -2.83. The van der Waals surface area contributed by atoms with Crippen LogP contribution in [0.3, 0.4) is 0 Å². The number of hydrogen-bond acceptors (Lipinski definition) is 3. The third kappa shape index (κ3) is 3.25. The first-order valence-corrected chi connectivity index (χ1v) is 8.49. The summed E-state index contributed by atoms with van der Waals surface area (Å²) in [6.07, 6.45) is 3.87. The average Bonchev–Trinajstić information content (AvgIpc) is 2.39. The quantitative estimate of drug-likeness (QED) is 0.891. The number of fused-ring (bicyclic) bond motifs is 1. The molecule has 1 heterocycles. The molecule has 0 fully saturated rings. The van der Waals surface area contributed by atoms with Gasteiger partial charge < -0.3 is 5.32 Å². The van der Waals surface area contributed by atoms with Gasteiger partial charge in [-0.15, -0.1) is 0 Å². The van der Waals surface area contributed by atoms with E-state index in [0.29, 0.717) is 12.2 Å². The van der Waals surface area contributed by atoms with E-state index in [1.54, 1.807) is 6.92 Å². The Bertz CT molecular complexity index is 509. The van der Waals surface area contributed by atoms with E-state index in [0.717, 1.165) is 19.4 Å². The van der Waals surface area contributed by atoms with Crippen LogP contribution in [-0.2, 0) is 22.7 Å². The van der Waals surface area contributed by atoms with E-state index in [1.807, 2.05) is 0 Å². The molecule has 1 aromatic carbocycles. The van der Waals surface area contributed by atoms with Crippen molar-refractivity contribution in [3.05, 3.63) is 29.3 Å². The van der Waals surface area contributed by atoms with Crippen molar-refractivity contribution < 1.29 is 8.42 Å². The predicted octanol–water partition coefficient (Wildman–Crippen LogP) is 2.41. The van der Waals surface area contributed by atoms with E-state index in [4.69, 9.17) is 0 Å². The molecule has 0 saturated carbocycles. The van der Waals surface area contributed by atoms with Crippen molar-refractivity contribution >= 4 is 15.5 Å². The zero-order valence-corrected chi connectivity index (χ0v) is 11.7. The summed E-state index contributed by atoms with van der Waals surface area (Å²) < 4.78 is 22.9. The van der Waals surface area contributed by atoms with Gasteiger partial charge in [-0.2, -0.15) is 0 Å². The van der Waals surface area contributed by atoms with E-state index < -0.39 is 9.84 Å². The van der Waals surface area contributed by atoms with Crippen LogP contribution in [0.25, 0.3) is 0 Å². The summed E-state index contributed by atoms with van der Waals surface area (Å²) in [5, 5.41) is 3.44. The molecule has 0 bridgehead atoms. The molecule has 1 aromatic rings. The average molecular weight is 267 g/mol. The molecule has 1 N–H and O–H groups in total. The fourth-order valence-electron chi connectivity index (χ4n) is 2.42. The van der Waals surface area contributed by atoms with E-state index in [2.05, 4.69) is 23.5 Å². The van der Waals surface area contributed by atoms with Crippen LogP contribution in [0.4, 0.5) is 5.69 Å². The van der Waals surface area contributed by atoms with E-state index in [-0.39, 0.29) is 5.75 Å². The minimum absolute atomic E-state index is 0.248. The fraction of sp³-hybridized carbons (Fsp3) is 0.571. The third-order valence-electron chi connectivity index (χ3n) is 3.50. The zero-order valence-electron chi connectivity index (χ0n) is 10.9. The van der Waals surface area contributed by atoms with Gasteiger partial charge in [0.2, 0.25) is 0 Å². The van der Waals surface area contributed by atoms with E-state index >= 15 is 0 Å². The van der Waals surface area contributed by atoms with Crippen LogP contribution in [0.2, 0.25) is 0 Å². The molecular weight excluding hydrogens is 246 g/mol. The molecular formula is C14H21NO2S. The summed E-state index contributed by atoms with van der Waals surface area (Å²) in [4.78, 5) is 0. The number of hydrogen-bond donors (Lipinski definition) is 1. The zero-order chi connectivity index (χ0) is 13.0. The highest BCUT2D eigenvalue weighted by molar-refractivity contribution is 7.91. The lowest BCUT2D eigenvalue weighted by molar-refractivity contribution is 0.594. The lowest BCUT2D eigenvalue weighted by Crippen LogP contribution is -2.14. The van der Waals surface area contributed by atoms with Gasteiger partial charge in [-0.25, -0.2) is 8.42 Å². The van der Waals surface area contributed by atoms with Gasteiger partial charge in [0.25, 0.3) is 0 Å². The maximum absolute atomic E-state index is 11.5. The molecule has 0 amide bonds. The van der Waals surface area contributed by atoms with Crippen LogP contribution in [-0.4, -0.2) is 26.5 Å². The number of para-hydroxylation sites is 1. The summed E-state index contributed by atoms with van der Waals surface area (Å²) in [6, 6.07) is 6.35. The standard InChI is InChI=1S/C14H21NO2S/c1-2-18(16,17)11-5-9-13-7-3-6-12-8-4-10-15-14(12)13/h3,6-7,15H,2,4-5,8-11H2,1H3. The number of sulfone groups is 1. The molecule has 100 valence electrons. The number of benzene rings is 1. The lowest BCUT2D eigenvalue weighted by atomic mass is 9.97. The molecule has 0 aliphatic carbocycles. The Morgan fingerprint density at radius 2 is 2.17 bits per heavy atom. The second-order valence-electron chi connectivity index (χ2n) is 4.82. The topological polar surface area (TPSA) is 46.2 Å². The van der Waals surface area contributed by atoms with Crippen LogP contribution >= 0.6 is 0 Å². The van der Waals surface area contributed by atoms with Crippen molar-refractivity contribution in [3.63, 3.8) is 0 Å². The number of anilines is 1. The molecule has 3 nitrogen and oxygen atoms in total. The van der Waals surface area contributed by atoms with Crippen LogP contribution in [0.15, 0.2) is 18.2 Å². The Morgan fingerprint density at radius 3 is 2.94 bits per heavy atom. The SMILES string of the molecule is CCS(=O)(=O)CCCc1cccc2c1NCCC2. The van der Waals surface area contributed by atoms with Crippen molar-refractivity contribution in [2.45, 2.75) is 32.6 Å². The van der Waals surface area contributed by atoms with Crippen molar-refractivity contribution in [2.24, 2.45) is 0 Å². The summed E-state index contributed by atoms with van der Waals surface area (Å²) >= 11 is 0. The van der Waals surface area contributed by atoms with Gasteiger partial charge in [-0.3, -0.25) is 0 Å². The van der Waals surface area contributed by atoms with Gasteiger partial charge in [0.1, 0.15) is 9.84 Å². The van der Waals surface area contributed by atoms with Crippen LogP contribution in [0.1, 0.15) is 30.9 Å². The van der Waals surface area contributed by atoms with Gasteiger partial charge in [-0.1, -0.05) is 25.1 Å². The Kier molecular flexibility index (Phi) is 4.27. The molecule has 0 atom stereocenters. The summed E-state index contributed by atoms with van der Waals surface area (Å²) in [5.74, 6) is 0.547. The van der Waals surface area contributed by atoms with Crippen molar-refractivity contribution in [1.82, 2.24) is 0 Å². The first kappa shape index (κ1) is 13.4. The molecule has 1 aliphatic heterocycles. The molecule has 0 radical (unpaired) electrons.